The molecule has 0 saturated carbocycles. The average molecular weight is 389 g/mol. The highest BCUT2D eigenvalue weighted by molar-refractivity contribution is 6.00. The summed E-state index contributed by atoms with van der Waals surface area (Å²) in [6, 6.07) is 15.4. The Morgan fingerprint density at radius 1 is 1.14 bits per heavy atom. The molecule has 0 radical (unpaired) electrons. The van der Waals surface area contributed by atoms with Crippen molar-refractivity contribution in [1.82, 2.24) is 14.5 Å². The highest BCUT2D eigenvalue weighted by atomic mass is 16.3. The van der Waals surface area contributed by atoms with E-state index >= 15 is 0 Å². The Labute approximate surface area is 171 Å². The summed E-state index contributed by atoms with van der Waals surface area (Å²) in [4.78, 5) is 20.1. The van der Waals surface area contributed by atoms with Gasteiger partial charge in [0.1, 0.15) is 11.6 Å². The fourth-order valence-corrected chi connectivity index (χ4v) is 4.21. The standard InChI is InChI=1S/C24H27N3O2/c1-26-17-15-25-23(26)21-7-2-3-8-22(21)24(29)27-16-5-4-6-19(27)12-9-18-10-13-20(28)14-11-18/h2-3,7-8,10-11,13-15,17,19,28H,4-6,9,12,16H2,1H3. The Bertz CT molecular complexity index is 978. The van der Waals surface area contributed by atoms with Crippen LogP contribution in [-0.4, -0.2) is 38.1 Å². The number of phenolic OH excluding ortho intramolecular Hbond substituents is 1. The van der Waals surface area contributed by atoms with Gasteiger partial charge in [-0.05, 0) is 55.9 Å². The number of carbonyl (C=O) groups excluding carboxylic acids is 1. The molecule has 4 rings (SSSR count). The Kier molecular flexibility index (Phi) is 5.65. The van der Waals surface area contributed by atoms with Crippen molar-refractivity contribution in [1.29, 1.82) is 0 Å². The highest BCUT2D eigenvalue weighted by Crippen LogP contribution is 2.28. The Morgan fingerprint density at radius 3 is 2.69 bits per heavy atom. The molecule has 1 unspecified atom stereocenters. The van der Waals surface area contributed by atoms with Crippen molar-refractivity contribution in [3.63, 3.8) is 0 Å². The lowest BCUT2D eigenvalue weighted by molar-refractivity contribution is 0.0602. The van der Waals surface area contributed by atoms with Gasteiger partial charge in [0.15, 0.2) is 0 Å². The molecule has 1 amide bonds. The van der Waals surface area contributed by atoms with Gasteiger partial charge >= 0.3 is 0 Å². The van der Waals surface area contributed by atoms with Crippen LogP contribution in [-0.2, 0) is 13.5 Å². The van der Waals surface area contributed by atoms with Gasteiger partial charge in [-0.3, -0.25) is 4.79 Å². The zero-order valence-electron chi connectivity index (χ0n) is 16.8. The lowest BCUT2D eigenvalue weighted by atomic mass is 9.94. The number of nitrogens with zero attached hydrogens (tertiary/aromatic N) is 3. The van der Waals surface area contributed by atoms with Crippen molar-refractivity contribution < 1.29 is 9.90 Å². The maximum absolute atomic E-state index is 13.5. The number of piperidine rings is 1. The summed E-state index contributed by atoms with van der Waals surface area (Å²) in [7, 11) is 1.95. The molecule has 1 N–H and O–H groups in total. The fourth-order valence-electron chi connectivity index (χ4n) is 4.21. The monoisotopic (exact) mass is 389 g/mol. The molecule has 1 fully saturated rings. The molecule has 0 aliphatic carbocycles. The van der Waals surface area contributed by atoms with Crippen molar-refractivity contribution >= 4 is 5.91 Å². The molecule has 1 saturated heterocycles. The first-order chi connectivity index (χ1) is 14.1. The Morgan fingerprint density at radius 2 is 1.93 bits per heavy atom. The average Bonchev–Trinajstić information content (AvgIpc) is 3.19. The first-order valence-electron chi connectivity index (χ1n) is 10.3. The minimum Gasteiger partial charge on any atom is -0.508 e. The third kappa shape index (κ3) is 4.19. The molecule has 29 heavy (non-hydrogen) atoms. The summed E-state index contributed by atoms with van der Waals surface area (Å²) in [6.45, 7) is 0.800. The second-order valence-corrected chi connectivity index (χ2v) is 7.76. The smallest absolute Gasteiger partial charge is 0.254 e. The summed E-state index contributed by atoms with van der Waals surface area (Å²) in [5, 5.41) is 9.48. The van der Waals surface area contributed by atoms with Gasteiger partial charge < -0.3 is 14.6 Å². The number of phenols is 1. The van der Waals surface area contributed by atoms with E-state index in [0.29, 0.717) is 0 Å². The normalized spacial score (nSPS) is 16.7. The van der Waals surface area contributed by atoms with E-state index in [1.807, 2.05) is 54.2 Å². The predicted molar refractivity (Wildman–Crippen MR) is 114 cm³/mol. The molecule has 2 heterocycles. The number of aromatic nitrogens is 2. The minimum absolute atomic E-state index is 0.0963. The molecule has 1 aliphatic heterocycles. The summed E-state index contributed by atoms with van der Waals surface area (Å²) in [5.74, 6) is 1.19. The van der Waals surface area contributed by atoms with E-state index in [2.05, 4.69) is 9.88 Å². The number of imidazole rings is 1. The van der Waals surface area contributed by atoms with Gasteiger partial charge in [0.2, 0.25) is 0 Å². The maximum Gasteiger partial charge on any atom is 0.254 e. The summed E-state index contributed by atoms with van der Waals surface area (Å²) in [6.07, 6.45) is 8.73. The molecule has 1 atom stereocenters. The second kappa shape index (κ2) is 8.52. The van der Waals surface area contributed by atoms with Gasteiger partial charge in [-0.2, -0.15) is 0 Å². The molecule has 150 valence electrons. The Balaban J connectivity index is 1.55. The molecule has 5 nitrogen and oxygen atoms in total. The van der Waals surface area contributed by atoms with E-state index in [0.717, 1.165) is 55.6 Å². The van der Waals surface area contributed by atoms with E-state index in [1.54, 1.807) is 18.3 Å². The summed E-state index contributed by atoms with van der Waals surface area (Å²) < 4.78 is 1.95. The number of carbonyl (C=O) groups is 1. The second-order valence-electron chi connectivity index (χ2n) is 7.76. The quantitative estimate of drug-likeness (QED) is 0.703. The zero-order chi connectivity index (χ0) is 20.2. The van der Waals surface area contributed by atoms with Crippen LogP contribution in [0.4, 0.5) is 0 Å². The maximum atomic E-state index is 13.5. The molecule has 0 spiro atoms. The van der Waals surface area contributed by atoms with Crippen LogP contribution in [0.3, 0.4) is 0 Å². The molecule has 1 aromatic heterocycles. The van der Waals surface area contributed by atoms with Crippen molar-refractivity contribution in [2.24, 2.45) is 7.05 Å². The molecule has 3 aromatic rings. The van der Waals surface area contributed by atoms with Gasteiger partial charge in [-0.1, -0.05) is 30.3 Å². The number of amides is 1. The van der Waals surface area contributed by atoms with Crippen LogP contribution in [0.25, 0.3) is 11.4 Å². The molecular formula is C24H27N3O2. The SMILES string of the molecule is Cn1ccnc1-c1ccccc1C(=O)N1CCCCC1CCc1ccc(O)cc1. The van der Waals surface area contributed by atoms with Crippen LogP contribution in [0, 0.1) is 0 Å². The molecule has 0 bridgehead atoms. The minimum atomic E-state index is 0.0963. The molecule has 1 aliphatic rings. The Hall–Kier alpha value is -3.08. The highest BCUT2D eigenvalue weighted by Gasteiger charge is 2.29. The number of hydrogen-bond donors (Lipinski definition) is 1. The summed E-state index contributed by atoms with van der Waals surface area (Å²) in [5.41, 5.74) is 2.79. The molecule has 2 aromatic carbocycles. The largest absolute Gasteiger partial charge is 0.508 e. The topological polar surface area (TPSA) is 58.4 Å². The lowest BCUT2D eigenvalue weighted by Crippen LogP contribution is -2.44. The van der Waals surface area contributed by atoms with Crippen molar-refractivity contribution in [2.75, 3.05) is 6.54 Å². The molecule has 5 heteroatoms. The zero-order valence-corrected chi connectivity index (χ0v) is 16.8. The van der Waals surface area contributed by atoms with Gasteiger partial charge in [0.25, 0.3) is 5.91 Å². The number of aromatic hydroxyl groups is 1. The van der Waals surface area contributed by atoms with Gasteiger partial charge in [-0.15, -0.1) is 0 Å². The fraction of sp³-hybridized carbons (Fsp3) is 0.333. The van der Waals surface area contributed by atoms with Crippen LogP contribution in [0.15, 0.2) is 60.9 Å². The third-order valence-electron chi connectivity index (χ3n) is 5.81. The van der Waals surface area contributed by atoms with E-state index in [-0.39, 0.29) is 17.7 Å². The van der Waals surface area contributed by atoms with Gasteiger partial charge in [0.05, 0.1) is 5.56 Å². The van der Waals surface area contributed by atoms with Crippen LogP contribution >= 0.6 is 0 Å². The van der Waals surface area contributed by atoms with E-state index < -0.39 is 0 Å². The van der Waals surface area contributed by atoms with Gasteiger partial charge in [0, 0.05) is 37.6 Å². The number of likely N-dealkylation sites (tertiary alicyclic amines) is 1. The van der Waals surface area contributed by atoms with Crippen LogP contribution < -0.4 is 0 Å². The van der Waals surface area contributed by atoms with E-state index in [9.17, 15) is 9.90 Å². The van der Waals surface area contributed by atoms with E-state index in [1.165, 1.54) is 5.56 Å². The summed E-state index contributed by atoms with van der Waals surface area (Å²) >= 11 is 0. The number of benzene rings is 2. The number of aryl methyl sites for hydroxylation is 2. The van der Waals surface area contributed by atoms with Gasteiger partial charge in [-0.25, -0.2) is 4.98 Å². The first kappa shape index (κ1) is 19.2. The van der Waals surface area contributed by atoms with Crippen molar-refractivity contribution in [2.45, 2.75) is 38.1 Å². The van der Waals surface area contributed by atoms with Crippen molar-refractivity contribution in [3.8, 4) is 17.1 Å². The van der Waals surface area contributed by atoms with Crippen molar-refractivity contribution in [3.05, 3.63) is 72.1 Å². The predicted octanol–water partition coefficient (Wildman–Crippen LogP) is 4.42. The van der Waals surface area contributed by atoms with Crippen LogP contribution in [0.1, 0.15) is 41.6 Å². The van der Waals surface area contributed by atoms with Crippen LogP contribution in [0.5, 0.6) is 5.75 Å². The molecular weight excluding hydrogens is 362 g/mol. The number of rotatable bonds is 5. The van der Waals surface area contributed by atoms with Crippen LogP contribution in [0.2, 0.25) is 0 Å². The van der Waals surface area contributed by atoms with E-state index in [4.69, 9.17) is 0 Å². The first-order valence-corrected chi connectivity index (χ1v) is 10.3. The third-order valence-corrected chi connectivity index (χ3v) is 5.81. The number of hydrogen-bond acceptors (Lipinski definition) is 3. The lowest BCUT2D eigenvalue weighted by Gasteiger charge is -2.36.